The van der Waals surface area contributed by atoms with Gasteiger partial charge in [0.05, 0.1) is 5.41 Å². The number of hydrogen-bond donors (Lipinski definition) is 1. The first kappa shape index (κ1) is 18.3. The van der Waals surface area contributed by atoms with Crippen LogP contribution in [0.25, 0.3) is 0 Å². The third kappa shape index (κ3) is 4.02. The lowest BCUT2D eigenvalue weighted by molar-refractivity contribution is -0.149. The van der Waals surface area contributed by atoms with Gasteiger partial charge in [0, 0.05) is 6.42 Å². The Morgan fingerprint density at radius 2 is 1.88 bits per heavy atom. The van der Waals surface area contributed by atoms with Crippen molar-refractivity contribution in [1.29, 1.82) is 0 Å². The summed E-state index contributed by atoms with van der Waals surface area (Å²) >= 11 is 0. The molecule has 138 valence electrons. The van der Waals surface area contributed by atoms with Crippen LogP contribution in [0.5, 0.6) is 5.75 Å². The van der Waals surface area contributed by atoms with E-state index in [1.807, 2.05) is 13.8 Å². The zero-order chi connectivity index (χ0) is 18.2. The van der Waals surface area contributed by atoms with E-state index < -0.39 is 17.0 Å². The number of hydrogen-bond acceptors (Lipinski definition) is 2. The van der Waals surface area contributed by atoms with Crippen LogP contribution in [0.1, 0.15) is 70.9 Å². The van der Waals surface area contributed by atoms with Gasteiger partial charge >= 0.3 is 5.97 Å². The van der Waals surface area contributed by atoms with Crippen molar-refractivity contribution in [2.24, 2.45) is 17.3 Å². The zero-order valence-corrected chi connectivity index (χ0v) is 16.1. The van der Waals surface area contributed by atoms with E-state index in [4.69, 9.17) is 4.74 Å². The van der Waals surface area contributed by atoms with Crippen LogP contribution < -0.4 is 4.74 Å². The summed E-state index contributed by atoms with van der Waals surface area (Å²) in [6.45, 7) is 7.55. The number of rotatable bonds is 5. The number of carboxylic acids is 1. The van der Waals surface area contributed by atoms with Crippen molar-refractivity contribution in [2.75, 3.05) is 0 Å². The van der Waals surface area contributed by atoms with E-state index in [0.717, 1.165) is 24.0 Å². The van der Waals surface area contributed by atoms with E-state index in [0.29, 0.717) is 6.42 Å². The Balaban J connectivity index is 1.81. The van der Waals surface area contributed by atoms with E-state index in [9.17, 15) is 9.90 Å². The molecular weight excluding hydrogens is 312 g/mol. The third-order valence-electron chi connectivity index (χ3n) is 6.13. The first-order valence-electron chi connectivity index (χ1n) is 9.71. The van der Waals surface area contributed by atoms with Gasteiger partial charge in [-0.25, -0.2) is 0 Å². The van der Waals surface area contributed by atoms with Crippen LogP contribution in [0.15, 0.2) is 18.2 Å². The van der Waals surface area contributed by atoms with E-state index in [1.165, 1.54) is 43.2 Å². The molecule has 3 rings (SSSR count). The van der Waals surface area contributed by atoms with Crippen LogP contribution in [0.4, 0.5) is 0 Å². The second kappa shape index (κ2) is 6.66. The monoisotopic (exact) mass is 344 g/mol. The van der Waals surface area contributed by atoms with Gasteiger partial charge in [0.25, 0.3) is 0 Å². The van der Waals surface area contributed by atoms with E-state index in [1.54, 1.807) is 13.8 Å². The van der Waals surface area contributed by atoms with Gasteiger partial charge in [0.15, 0.2) is 0 Å². The highest BCUT2D eigenvalue weighted by atomic mass is 16.5. The molecule has 0 saturated heterocycles. The molecule has 1 N–H and O–H groups in total. The normalized spacial score (nSPS) is 23.5. The Bertz CT molecular complexity index is 645. The van der Waals surface area contributed by atoms with Crippen LogP contribution in [0.3, 0.4) is 0 Å². The smallest absolute Gasteiger partial charge is 0.309 e. The number of fused-ring (bicyclic) bond motifs is 2. The van der Waals surface area contributed by atoms with Crippen molar-refractivity contribution >= 4 is 5.97 Å². The summed E-state index contributed by atoms with van der Waals surface area (Å²) in [6.07, 6.45) is 8.14. The topological polar surface area (TPSA) is 46.5 Å². The number of ether oxygens (including phenoxy) is 1. The average molecular weight is 344 g/mol. The molecule has 1 aromatic carbocycles. The predicted molar refractivity (Wildman–Crippen MR) is 100 cm³/mol. The number of carboxylic acid groups (broad SMARTS) is 1. The fourth-order valence-corrected chi connectivity index (χ4v) is 5.03. The van der Waals surface area contributed by atoms with Crippen molar-refractivity contribution in [2.45, 2.75) is 78.2 Å². The summed E-state index contributed by atoms with van der Waals surface area (Å²) in [4.78, 5) is 11.5. The van der Waals surface area contributed by atoms with Crippen molar-refractivity contribution in [1.82, 2.24) is 0 Å². The van der Waals surface area contributed by atoms with Gasteiger partial charge in [-0.05, 0) is 82.4 Å². The summed E-state index contributed by atoms with van der Waals surface area (Å²) in [5.74, 6) is 1.90. The summed E-state index contributed by atoms with van der Waals surface area (Å²) < 4.78 is 6.40. The van der Waals surface area contributed by atoms with Crippen LogP contribution in [0, 0.1) is 17.3 Å². The molecule has 3 heteroatoms. The molecule has 0 aliphatic heterocycles. The average Bonchev–Trinajstić information content (AvgIpc) is 2.84. The molecule has 1 fully saturated rings. The molecule has 0 aromatic heterocycles. The molecule has 0 amide bonds. The highest BCUT2D eigenvalue weighted by molar-refractivity contribution is 5.73. The maximum atomic E-state index is 11.5. The van der Waals surface area contributed by atoms with Gasteiger partial charge in [-0.2, -0.15) is 0 Å². The molecule has 2 atom stereocenters. The molecule has 0 spiro atoms. The maximum absolute atomic E-state index is 11.5. The summed E-state index contributed by atoms with van der Waals surface area (Å²) in [7, 11) is 0. The predicted octanol–water partition coefficient (Wildman–Crippen LogP) is 5.25. The molecule has 1 saturated carbocycles. The van der Waals surface area contributed by atoms with Crippen LogP contribution in [-0.2, 0) is 17.6 Å². The van der Waals surface area contributed by atoms with Gasteiger partial charge in [-0.3, -0.25) is 4.79 Å². The van der Waals surface area contributed by atoms with E-state index in [2.05, 4.69) is 18.2 Å². The molecule has 0 bridgehead atoms. The van der Waals surface area contributed by atoms with Crippen molar-refractivity contribution in [3.05, 3.63) is 29.3 Å². The van der Waals surface area contributed by atoms with Gasteiger partial charge in [-0.15, -0.1) is 0 Å². The molecular formula is C22H32O3. The minimum absolute atomic E-state index is 0.476. The second-order valence-electron chi connectivity index (χ2n) is 9.32. The standard InChI is InChI=1S/C22H32O3/c1-21(2,20(23)24)14-22(3,4)25-19-10-6-9-17-13-16-8-5-7-15(16)11-12-18(17)19/h6,9-10,15-16H,5,7-8,11-14H2,1-4H3,(H,23,24). The highest BCUT2D eigenvalue weighted by Gasteiger charge is 2.37. The van der Waals surface area contributed by atoms with Gasteiger partial charge in [-0.1, -0.05) is 25.0 Å². The summed E-state index contributed by atoms with van der Waals surface area (Å²) in [6, 6.07) is 6.42. The Hall–Kier alpha value is -1.51. The van der Waals surface area contributed by atoms with E-state index >= 15 is 0 Å². The summed E-state index contributed by atoms with van der Waals surface area (Å²) in [5, 5.41) is 9.44. The Morgan fingerprint density at radius 3 is 2.60 bits per heavy atom. The number of benzene rings is 1. The lowest BCUT2D eigenvalue weighted by atomic mass is 9.81. The highest BCUT2D eigenvalue weighted by Crippen LogP contribution is 2.43. The van der Waals surface area contributed by atoms with Crippen molar-refractivity contribution < 1.29 is 14.6 Å². The molecule has 3 nitrogen and oxygen atoms in total. The summed E-state index contributed by atoms with van der Waals surface area (Å²) in [5.41, 5.74) is 1.49. The quantitative estimate of drug-likeness (QED) is 0.793. The molecule has 0 heterocycles. The molecule has 25 heavy (non-hydrogen) atoms. The number of carbonyl (C=O) groups is 1. The lowest BCUT2D eigenvalue weighted by Crippen LogP contribution is -2.38. The first-order chi connectivity index (χ1) is 11.7. The molecule has 2 unspecified atom stereocenters. The fourth-order valence-electron chi connectivity index (χ4n) is 5.03. The van der Waals surface area contributed by atoms with Gasteiger partial charge in [0.2, 0.25) is 0 Å². The maximum Gasteiger partial charge on any atom is 0.309 e. The van der Waals surface area contributed by atoms with Crippen LogP contribution in [0.2, 0.25) is 0 Å². The Labute approximate surface area is 151 Å². The van der Waals surface area contributed by atoms with Crippen molar-refractivity contribution in [3.63, 3.8) is 0 Å². The number of aliphatic carboxylic acids is 1. The molecule has 2 aliphatic carbocycles. The SMILES string of the molecule is CC(C)(CC(C)(C)C(=O)O)Oc1cccc2c1CCC1CCCC1C2. The molecule has 1 aromatic rings. The minimum atomic E-state index is -0.799. The van der Waals surface area contributed by atoms with Crippen LogP contribution >= 0.6 is 0 Å². The lowest BCUT2D eigenvalue weighted by Gasteiger charge is -2.33. The Morgan fingerprint density at radius 1 is 1.16 bits per heavy atom. The second-order valence-corrected chi connectivity index (χ2v) is 9.32. The van der Waals surface area contributed by atoms with Gasteiger partial charge in [0.1, 0.15) is 11.4 Å². The minimum Gasteiger partial charge on any atom is -0.488 e. The fraction of sp³-hybridized carbons (Fsp3) is 0.682. The van der Waals surface area contributed by atoms with Gasteiger partial charge < -0.3 is 9.84 Å². The molecule has 2 aliphatic rings. The molecule has 0 radical (unpaired) electrons. The van der Waals surface area contributed by atoms with Crippen molar-refractivity contribution in [3.8, 4) is 5.75 Å². The van der Waals surface area contributed by atoms with Crippen LogP contribution in [-0.4, -0.2) is 16.7 Å². The third-order valence-corrected chi connectivity index (χ3v) is 6.13. The largest absolute Gasteiger partial charge is 0.488 e. The first-order valence-corrected chi connectivity index (χ1v) is 9.71. The van der Waals surface area contributed by atoms with E-state index in [-0.39, 0.29) is 0 Å². The zero-order valence-electron chi connectivity index (χ0n) is 16.1. The Kier molecular flexibility index (Phi) is 4.87.